The molecule has 3 nitrogen and oxygen atoms in total. The number of aromatic nitrogens is 1. The topological polar surface area (TPSA) is 48.7 Å². The lowest BCUT2D eigenvalue weighted by Crippen LogP contribution is -2.04. The molecular formula is C14H14ClN3S. The van der Waals surface area contributed by atoms with Crippen LogP contribution in [0.25, 0.3) is 10.9 Å². The van der Waals surface area contributed by atoms with E-state index >= 15 is 0 Å². The van der Waals surface area contributed by atoms with E-state index in [1.807, 2.05) is 17.8 Å². The Balaban J connectivity index is 2.27. The van der Waals surface area contributed by atoms with Crippen LogP contribution in [0.15, 0.2) is 24.3 Å². The van der Waals surface area contributed by atoms with Gasteiger partial charge in [0.25, 0.3) is 0 Å². The SMILES string of the molecule is CSCCCNc1cc(C#N)c2cc(Cl)ccc2n1. The maximum absolute atomic E-state index is 9.21. The number of pyridine rings is 1. The zero-order valence-electron chi connectivity index (χ0n) is 10.6. The number of fused-ring (bicyclic) bond motifs is 1. The van der Waals surface area contributed by atoms with Crippen LogP contribution in [0, 0.1) is 11.3 Å². The highest BCUT2D eigenvalue weighted by molar-refractivity contribution is 7.98. The summed E-state index contributed by atoms with van der Waals surface area (Å²) in [6.07, 6.45) is 3.16. The Kier molecular flexibility index (Phi) is 4.89. The van der Waals surface area contributed by atoms with Crippen molar-refractivity contribution in [2.75, 3.05) is 23.9 Å². The highest BCUT2D eigenvalue weighted by Gasteiger charge is 2.06. The van der Waals surface area contributed by atoms with Crippen LogP contribution in [0.3, 0.4) is 0 Å². The molecule has 1 aromatic heterocycles. The summed E-state index contributed by atoms with van der Waals surface area (Å²) in [6.45, 7) is 0.859. The molecule has 1 aromatic carbocycles. The van der Waals surface area contributed by atoms with Crippen LogP contribution in [0.1, 0.15) is 12.0 Å². The van der Waals surface area contributed by atoms with E-state index in [0.717, 1.165) is 35.4 Å². The van der Waals surface area contributed by atoms with Crippen LogP contribution in [-0.2, 0) is 0 Å². The summed E-state index contributed by atoms with van der Waals surface area (Å²) in [6, 6.07) is 9.38. The number of nitriles is 1. The van der Waals surface area contributed by atoms with Crippen LogP contribution in [-0.4, -0.2) is 23.5 Å². The third kappa shape index (κ3) is 3.52. The summed E-state index contributed by atoms with van der Waals surface area (Å²) in [4.78, 5) is 4.49. The zero-order chi connectivity index (χ0) is 13.7. The summed E-state index contributed by atoms with van der Waals surface area (Å²) in [5.74, 6) is 1.86. The molecule has 0 atom stereocenters. The largest absolute Gasteiger partial charge is 0.370 e. The van der Waals surface area contributed by atoms with Crippen LogP contribution >= 0.6 is 23.4 Å². The molecule has 0 saturated heterocycles. The van der Waals surface area contributed by atoms with Gasteiger partial charge in [0.2, 0.25) is 0 Å². The molecule has 98 valence electrons. The van der Waals surface area contributed by atoms with Crippen LogP contribution < -0.4 is 5.32 Å². The number of anilines is 1. The number of thioether (sulfide) groups is 1. The van der Waals surface area contributed by atoms with Gasteiger partial charge in [0, 0.05) is 17.0 Å². The van der Waals surface area contributed by atoms with Gasteiger partial charge in [0.1, 0.15) is 5.82 Å². The van der Waals surface area contributed by atoms with Gasteiger partial charge in [-0.1, -0.05) is 11.6 Å². The fourth-order valence-electron chi connectivity index (χ4n) is 1.81. The molecule has 0 aliphatic rings. The van der Waals surface area contributed by atoms with Gasteiger partial charge in [-0.25, -0.2) is 4.98 Å². The first-order valence-electron chi connectivity index (χ1n) is 5.98. The quantitative estimate of drug-likeness (QED) is 0.848. The molecule has 0 unspecified atom stereocenters. The minimum atomic E-state index is 0.597. The molecule has 5 heteroatoms. The Bertz CT molecular complexity index is 622. The summed E-state index contributed by atoms with van der Waals surface area (Å²) in [5.41, 5.74) is 1.38. The summed E-state index contributed by atoms with van der Waals surface area (Å²) >= 11 is 7.77. The van der Waals surface area contributed by atoms with Crippen LogP contribution in [0.2, 0.25) is 5.02 Å². The molecule has 0 bridgehead atoms. The highest BCUT2D eigenvalue weighted by atomic mass is 35.5. The number of benzene rings is 1. The molecular weight excluding hydrogens is 278 g/mol. The second-order valence-electron chi connectivity index (χ2n) is 4.10. The van der Waals surface area contributed by atoms with Crippen molar-refractivity contribution in [2.24, 2.45) is 0 Å². The van der Waals surface area contributed by atoms with Gasteiger partial charge in [-0.2, -0.15) is 17.0 Å². The summed E-state index contributed by atoms with van der Waals surface area (Å²) in [7, 11) is 0. The third-order valence-electron chi connectivity index (χ3n) is 2.72. The zero-order valence-corrected chi connectivity index (χ0v) is 12.2. The van der Waals surface area contributed by atoms with Crippen molar-refractivity contribution in [3.05, 3.63) is 34.9 Å². The van der Waals surface area contributed by atoms with E-state index in [1.54, 1.807) is 18.2 Å². The van der Waals surface area contributed by atoms with E-state index in [4.69, 9.17) is 11.6 Å². The highest BCUT2D eigenvalue weighted by Crippen LogP contribution is 2.23. The molecule has 0 aliphatic heterocycles. The first-order chi connectivity index (χ1) is 9.24. The lowest BCUT2D eigenvalue weighted by atomic mass is 10.1. The average molecular weight is 292 g/mol. The second-order valence-corrected chi connectivity index (χ2v) is 5.52. The van der Waals surface area contributed by atoms with E-state index in [1.165, 1.54) is 0 Å². The molecule has 2 rings (SSSR count). The standard InChI is InChI=1S/C14H14ClN3S/c1-19-6-2-5-17-14-7-10(9-16)12-8-11(15)3-4-13(12)18-14/h3-4,7-8H,2,5-6H2,1H3,(H,17,18). The third-order valence-corrected chi connectivity index (χ3v) is 3.65. The fourth-order valence-corrected chi connectivity index (χ4v) is 2.42. The predicted octanol–water partition coefficient (Wildman–Crippen LogP) is 3.92. The maximum Gasteiger partial charge on any atom is 0.127 e. The van der Waals surface area contributed by atoms with Gasteiger partial charge in [-0.3, -0.25) is 0 Å². The van der Waals surface area contributed by atoms with Crippen LogP contribution in [0.4, 0.5) is 5.82 Å². The van der Waals surface area contributed by atoms with Gasteiger partial charge in [-0.05, 0) is 42.7 Å². The van der Waals surface area contributed by atoms with Crippen molar-refractivity contribution in [3.63, 3.8) is 0 Å². The first-order valence-corrected chi connectivity index (χ1v) is 7.75. The average Bonchev–Trinajstić information content (AvgIpc) is 2.43. The van der Waals surface area contributed by atoms with E-state index in [0.29, 0.717) is 10.6 Å². The normalized spacial score (nSPS) is 10.4. The predicted molar refractivity (Wildman–Crippen MR) is 83.0 cm³/mol. The summed E-state index contributed by atoms with van der Waals surface area (Å²) in [5, 5.41) is 13.9. The Morgan fingerprint density at radius 2 is 2.26 bits per heavy atom. The van der Waals surface area contributed by atoms with Crippen molar-refractivity contribution >= 4 is 40.1 Å². The van der Waals surface area contributed by atoms with Gasteiger partial charge in [0.15, 0.2) is 0 Å². The molecule has 0 saturated carbocycles. The van der Waals surface area contributed by atoms with E-state index in [9.17, 15) is 5.26 Å². The van der Waals surface area contributed by atoms with Crippen molar-refractivity contribution in [1.29, 1.82) is 5.26 Å². The van der Waals surface area contributed by atoms with Crippen molar-refractivity contribution in [1.82, 2.24) is 4.98 Å². The lowest BCUT2D eigenvalue weighted by molar-refractivity contribution is 0.984. The maximum atomic E-state index is 9.21. The number of hydrogen-bond acceptors (Lipinski definition) is 4. The van der Waals surface area contributed by atoms with Gasteiger partial charge < -0.3 is 5.32 Å². The smallest absolute Gasteiger partial charge is 0.127 e. The molecule has 19 heavy (non-hydrogen) atoms. The minimum Gasteiger partial charge on any atom is -0.370 e. The molecule has 2 aromatic rings. The van der Waals surface area contributed by atoms with Crippen molar-refractivity contribution in [2.45, 2.75) is 6.42 Å². The first kappa shape index (κ1) is 14.0. The number of hydrogen-bond donors (Lipinski definition) is 1. The number of rotatable bonds is 5. The Labute approximate surface area is 122 Å². The van der Waals surface area contributed by atoms with Crippen LogP contribution in [0.5, 0.6) is 0 Å². The number of nitrogens with zero attached hydrogens (tertiary/aromatic N) is 2. The van der Waals surface area contributed by atoms with E-state index in [-0.39, 0.29) is 0 Å². The van der Waals surface area contributed by atoms with E-state index in [2.05, 4.69) is 22.6 Å². The monoisotopic (exact) mass is 291 g/mol. The number of halogens is 1. The van der Waals surface area contributed by atoms with Gasteiger partial charge in [-0.15, -0.1) is 0 Å². The lowest BCUT2D eigenvalue weighted by Gasteiger charge is -2.08. The molecule has 0 amide bonds. The molecule has 0 spiro atoms. The van der Waals surface area contributed by atoms with Gasteiger partial charge in [0.05, 0.1) is 17.1 Å². The summed E-state index contributed by atoms with van der Waals surface area (Å²) < 4.78 is 0. The van der Waals surface area contributed by atoms with E-state index < -0.39 is 0 Å². The minimum absolute atomic E-state index is 0.597. The van der Waals surface area contributed by atoms with Crippen molar-refractivity contribution in [3.8, 4) is 6.07 Å². The molecule has 0 fully saturated rings. The fraction of sp³-hybridized carbons (Fsp3) is 0.286. The molecule has 0 aliphatic carbocycles. The molecule has 1 heterocycles. The molecule has 0 radical (unpaired) electrons. The Morgan fingerprint density at radius 1 is 1.42 bits per heavy atom. The number of nitrogens with one attached hydrogen (secondary N) is 1. The van der Waals surface area contributed by atoms with Crippen molar-refractivity contribution < 1.29 is 0 Å². The Morgan fingerprint density at radius 3 is 3.00 bits per heavy atom. The van der Waals surface area contributed by atoms with Gasteiger partial charge >= 0.3 is 0 Å². The molecule has 1 N–H and O–H groups in total. The Hall–Kier alpha value is -1.44. The second kappa shape index (κ2) is 6.65.